The maximum Gasteiger partial charge on any atom is 0.171 e. The number of fused-ring (bicyclic) bond motifs is 3. The molecular weight excluding hydrogens is 276 g/mol. The van der Waals surface area contributed by atoms with E-state index in [-0.39, 0.29) is 11.2 Å². The number of aromatic nitrogens is 1. The number of nitrogens with zero attached hydrogens (tertiary/aromatic N) is 3. The van der Waals surface area contributed by atoms with Gasteiger partial charge in [-0.05, 0) is 43.7 Å². The van der Waals surface area contributed by atoms with E-state index in [1.165, 1.54) is 0 Å². The monoisotopic (exact) mass is 296 g/mol. The van der Waals surface area contributed by atoms with Crippen molar-refractivity contribution in [3.05, 3.63) is 46.0 Å². The minimum Gasteiger partial charge on any atom is -0.358 e. The summed E-state index contributed by atoms with van der Waals surface area (Å²) in [5.41, 5.74) is 11.1. The van der Waals surface area contributed by atoms with Crippen molar-refractivity contribution < 1.29 is 4.79 Å². The van der Waals surface area contributed by atoms with Gasteiger partial charge in [0.2, 0.25) is 0 Å². The zero-order valence-corrected chi connectivity index (χ0v) is 12.8. The fraction of sp³-hybridized carbons (Fsp3) is 0.471. The largest absolute Gasteiger partial charge is 0.358 e. The molecule has 0 fully saturated rings. The van der Waals surface area contributed by atoms with Gasteiger partial charge in [-0.2, -0.15) is 0 Å². The molecule has 0 unspecified atom stereocenters. The number of rotatable bonds is 5. The van der Waals surface area contributed by atoms with Crippen LogP contribution in [0.25, 0.3) is 21.3 Å². The first-order valence-corrected chi connectivity index (χ1v) is 7.87. The van der Waals surface area contributed by atoms with E-state index < -0.39 is 0 Å². The molecule has 0 bridgehead atoms. The summed E-state index contributed by atoms with van der Waals surface area (Å²) in [6.07, 6.45) is 4.17. The van der Waals surface area contributed by atoms with Crippen LogP contribution in [0.1, 0.15) is 48.7 Å². The van der Waals surface area contributed by atoms with Gasteiger partial charge in [-0.15, -0.1) is 0 Å². The first kappa shape index (κ1) is 14.7. The summed E-state index contributed by atoms with van der Waals surface area (Å²) in [4.78, 5) is 19.4. The van der Waals surface area contributed by atoms with Gasteiger partial charge < -0.3 is 4.98 Å². The summed E-state index contributed by atoms with van der Waals surface area (Å²) < 4.78 is 0. The van der Waals surface area contributed by atoms with Crippen LogP contribution < -0.4 is 0 Å². The number of hydrogen-bond acceptors (Lipinski definition) is 2. The number of nitrogens with one attached hydrogen (secondary N) is 1. The van der Waals surface area contributed by atoms with Gasteiger partial charge in [-0.1, -0.05) is 30.2 Å². The molecule has 1 aliphatic carbocycles. The van der Waals surface area contributed by atoms with E-state index in [1.54, 1.807) is 0 Å². The molecule has 2 aromatic rings. The molecule has 1 aromatic heterocycles. The Kier molecular flexibility index (Phi) is 3.90. The number of hydrogen-bond donors (Lipinski definition) is 1. The van der Waals surface area contributed by atoms with E-state index in [4.69, 9.17) is 5.53 Å². The van der Waals surface area contributed by atoms with Crippen LogP contribution in [-0.4, -0.2) is 17.3 Å². The second-order valence-corrected chi connectivity index (χ2v) is 6.05. The van der Waals surface area contributed by atoms with Crippen molar-refractivity contribution in [2.75, 3.05) is 6.54 Å². The van der Waals surface area contributed by atoms with Crippen LogP contribution >= 0.6 is 0 Å². The lowest BCUT2D eigenvalue weighted by Gasteiger charge is -2.35. The number of Topliss-reactive ketones (excluding diaryl/α,β-unsaturated/α-hetero) is 1. The van der Waals surface area contributed by atoms with Gasteiger partial charge in [0.1, 0.15) is 0 Å². The Hall–Kier alpha value is -2.26. The second kappa shape index (κ2) is 5.85. The van der Waals surface area contributed by atoms with E-state index in [9.17, 15) is 4.79 Å². The third kappa shape index (κ3) is 2.28. The van der Waals surface area contributed by atoms with Gasteiger partial charge in [-0.25, -0.2) is 0 Å². The van der Waals surface area contributed by atoms with Crippen molar-refractivity contribution in [3.8, 4) is 0 Å². The minimum absolute atomic E-state index is 0.259. The molecule has 0 saturated carbocycles. The lowest BCUT2D eigenvalue weighted by molar-refractivity contribution is 0.0726. The van der Waals surface area contributed by atoms with E-state index in [0.717, 1.165) is 54.3 Å². The summed E-state index contributed by atoms with van der Waals surface area (Å²) in [6, 6.07) is 8.01. The van der Waals surface area contributed by atoms with Crippen LogP contribution in [-0.2, 0) is 6.42 Å². The van der Waals surface area contributed by atoms with Gasteiger partial charge >= 0.3 is 0 Å². The Bertz CT molecular complexity index is 757. The van der Waals surface area contributed by atoms with E-state index in [0.29, 0.717) is 6.54 Å². The molecule has 1 atom stereocenters. The van der Waals surface area contributed by atoms with Crippen LogP contribution in [0.15, 0.2) is 29.4 Å². The predicted molar refractivity (Wildman–Crippen MR) is 86.9 cm³/mol. The van der Waals surface area contributed by atoms with Gasteiger partial charge in [0.05, 0.1) is 0 Å². The van der Waals surface area contributed by atoms with Crippen molar-refractivity contribution in [3.63, 3.8) is 0 Å². The molecule has 0 aliphatic heterocycles. The first-order chi connectivity index (χ1) is 10.7. The number of aryl methyl sites for hydroxylation is 1. The highest BCUT2D eigenvalue weighted by Crippen LogP contribution is 2.43. The molecule has 1 N–H and O–H groups in total. The van der Waals surface area contributed by atoms with Crippen LogP contribution in [0.2, 0.25) is 0 Å². The Labute approximate surface area is 129 Å². The molecule has 22 heavy (non-hydrogen) atoms. The Morgan fingerprint density at radius 1 is 1.41 bits per heavy atom. The van der Waals surface area contributed by atoms with Crippen LogP contribution in [0.4, 0.5) is 0 Å². The standard InChI is InChI=1S/C17H20N4O/c1-2-17(9-5-11-19-21-18)10-8-14-15(16(17)22)12-6-3-4-7-13(12)20-14/h3-4,6-7,20H,2,5,8-11H2,1H3/t17-/m1/s1. The van der Waals surface area contributed by atoms with Crippen LogP contribution in [0, 0.1) is 5.41 Å². The highest BCUT2D eigenvalue weighted by Gasteiger charge is 2.41. The Balaban J connectivity index is 1.96. The van der Waals surface area contributed by atoms with E-state index in [2.05, 4.69) is 21.9 Å². The normalized spacial score (nSPS) is 20.7. The molecule has 0 spiro atoms. The topological polar surface area (TPSA) is 81.6 Å². The lowest BCUT2D eigenvalue weighted by Crippen LogP contribution is -2.35. The van der Waals surface area contributed by atoms with Crippen molar-refractivity contribution in [2.45, 2.75) is 39.0 Å². The highest BCUT2D eigenvalue weighted by molar-refractivity contribution is 6.12. The number of carbonyl (C=O) groups excluding carboxylic acids is 1. The third-order valence-electron chi connectivity index (χ3n) is 5.00. The van der Waals surface area contributed by atoms with Gasteiger partial charge in [0.25, 0.3) is 0 Å². The molecule has 3 rings (SSSR count). The van der Waals surface area contributed by atoms with Crippen molar-refractivity contribution in [1.29, 1.82) is 0 Å². The quantitative estimate of drug-likeness (QED) is 0.366. The molecule has 1 heterocycles. The zero-order chi connectivity index (χ0) is 15.6. The maximum absolute atomic E-state index is 13.2. The van der Waals surface area contributed by atoms with Crippen molar-refractivity contribution in [1.82, 2.24) is 4.98 Å². The fourth-order valence-corrected chi connectivity index (χ4v) is 3.67. The number of para-hydroxylation sites is 1. The molecule has 1 aromatic carbocycles. The molecule has 5 nitrogen and oxygen atoms in total. The number of H-pyrrole nitrogens is 1. The third-order valence-corrected chi connectivity index (χ3v) is 5.00. The molecule has 1 aliphatic rings. The summed E-state index contributed by atoms with van der Waals surface area (Å²) >= 11 is 0. The van der Waals surface area contributed by atoms with Gasteiger partial charge in [-0.3, -0.25) is 4.79 Å². The molecule has 0 radical (unpaired) electrons. The fourth-order valence-electron chi connectivity index (χ4n) is 3.67. The first-order valence-electron chi connectivity index (χ1n) is 7.87. The number of ketones is 1. The molecule has 5 heteroatoms. The molecule has 0 amide bonds. The molecule has 0 saturated heterocycles. The average Bonchev–Trinajstić information content (AvgIpc) is 2.93. The average molecular weight is 296 g/mol. The lowest BCUT2D eigenvalue weighted by atomic mass is 9.67. The summed E-state index contributed by atoms with van der Waals surface area (Å²) in [6.45, 7) is 2.55. The zero-order valence-electron chi connectivity index (χ0n) is 12.8. The second-order valence-electron chi connectivity index (χ2n) is 6.05. The maximum atomic E-state index is 13.2. The summed E-state index contributed by atoms with van der Waals surface area (Å²) in [7, 11) is 0. The van der Waals surface area contributed by atoms with Gasteiger partial charge in [0, 0.05) is 39.0 Å². The minimum atomic E-state index is -0.303. The summed E-state index contributed by atoms with van der Waals surface area (Å²) in [5.74, 6) is 0.259. The highest BCUT2D eigenvalue weighted by atomic mass is 16.1. The van der Waals surface area contributed by atoms with Crippen LogP contribution in [0.5, 0.6) is 0 Å². The molecule has 114 valence electrons. The molecular formula is C17H20N4O. The predicted octanol–water partition coefficient (Wildman–Crippen LogP) is 4.78. The smallest absolute Gasteiger partial charge is 0.171 e. The van der Waals surface area contributed by atoms with Crippen molar-refractivity contribution >= 4 is 16.7 Å². The number of azide groups is 1. The number of benzene rings is 1. The number of carbonyl (C=O) groups is 1. The summed E-state index contributed by atoms with van der Waals surface area (Å²) in [5, 5.41) is 4.63. The SMILES string of the molecule is CC[C@@]1(CCCN=[N+]=[N-])CCc2[nH]c3ccccc3c2C1=O. The van der Waals surface area contributed by atoms with E-state index in [1.807, 2.05) is 24.3 Å². The number of aromatic amines is 1. The van der Waals surface area contributed by atoms with Gasteiger partial charge in [0.15, 0.2) is 5.78 Å². The Morgan fingerprint density at radius 2 is 2.23 bits per heavy atom. The van der Waals surface area contributed by atoms with Crippen molar-refractivity contribution in [2.24, 2.45) is 10.5 Å². The van der Waals surface area contributed by atoms with E-state index >= 15 is 0 Å². The van der Waals surface area contributed by atoms with Crippen LogP contribution in [0.3, 0.4) is 0 Å². The Morgan fingerprint density at radius 3 is 3.00 bits per heavy atom.